The van der Waals surface area contributed by atoms with Crippen molar-refractivity contribution in [3.8, 4) is 0 Å². The van der Waals surface area contributed by atoms with Gasteiger partial charge in [0.15, 0.2) is 0 Å². The molecule has 8 heteroatoms. The number of hydrogen-bond acceptors (Lipinski definition) is 5. The van der Waals surface area contributed by atoms with Crippen LogP contribution in [0.1, 0.15) is 43.0 Å². The van der Waals surface area contributed by atoms with Gasteiger partial charge in [-0.3, -0.25) is 4.98 Å². The molecule has 0 spiro atoms. The fourth-order valence-electron chi connectivity index (χ4n) is 3.44. The zero-order chi connectivity index (χ0) is 24.6. The molecule has 178 valence electrons. The van der Waals surface area contributed by atoms with Gasteiger partial charge in [0.05, 0.1) is 11.5 Å². The Bertz CT molecular complexity index is 1230. The standard InChI is InChI=1S/C26H27ClN2O4S/c1-3-33-26(30)17-19(2)21-7-9-22(10-8-21)25(15-6-20-5-4-16-28-18-20)29-34(31,32)24-13-11-23(27)12-14-24/h4-5,7-14,16-18,25,29H,3,6,15H2,1-2H3. The fraction of sp³-hybridized carbons (Fsp3) is 0.231. The number of carbonyl (C=O) groups is 1. The van der Waals surface area contributed by atoms with Crippen molar-refractivity contribution >= 4 is 33.2 Å². The summed E-state index contributed by atoms with van der Waals surface area (Å²) in [4.78, 5) is 16.0. The SMILES string of the molecule is CCOC(=O)C=C(C)c1ccc(C(CCc2cccnc2)NS(=O)(=O)c2ccc(Cl)cc2)cc1. The Morgan fingerprint density at radius 2 is 1.82 bits per heavy atom. The number of benzene rings is 2. The summed E-state index contributed by atoms with van der Waals surface area (Å²) in [5.41, 5.74) is 3.44. The molecule has 0 radical (unpaired) electrons. The molecule has 0 aliphatic heterocycles. The van der Waals surface area contributed by atoms with Crippen LogP contribution in [0.15, 0.2) is 84.0 Å². The minimum Gasteiger partial charge on any atom is -0.463 e. The molecule has 3 aromatic rings. The van der Waals surface area contributed by atoms with E-state index in [0.717, 1.165) is 22.3 Å². The van der Waals surface area contributed by atoms with Crippen molar-refractivity contribution in [3.63, 3.8) is 0 Å². The molecule has 1 N–H and O–H groups in total. The van der Waals surface area contributed by atoms with Gasteiger partial charge in [-0.2, -0.15) is 0 Å². The lowest BCUT2D eigenvalue weighted by molar-refractivity contribution is -0.137. The maximum Gasteiger partial charge on any atom is 0.331 e. The van der Waals surface area contributed by atoms with Gasteiger partial charge in [0.2, 0.25) is 10.0 Å². The molecule has 0 saturated heterocycles. The van der Waals surface area contributed by atoms with Crippen LogP contribution in [0.25, 0.3) is 5.57 Å². The Kier molecular flexibility index (Phi) is 8.98. The molecule has 0 amide bonds. The molecule has 0 bridgehead atoms. The van der Waals surface area contributed by atoms with Gasteiger partial charge < -0.3 is 4.74 Å². The Morgan fingerprint density at radius 1 is 1.12 bits per heavy atom. The smallest absolute Gasteiger partial charge is 0.331 e. The number of rotatable bonds is 10. The van der Waals surface area contributed by atoms with E-state index in [2.05, 4.69) is 9.71 Å². The molecule has 1 aromatic heterocycles. The number of sulfonamides is 1. The van der Waals surface area contributed by atoms with Gasteiger partial charge in [-0.15, -0.1) is 0 Å². The van der Waals surface area contributed by atoms with Crippen molar-refractivity contribution < 1.29 is 17.9 Å². The van der Waals surface area contributed by atoms with E-state index in [1.54, 1.807) is 31.5 Å². The molecule has 0 fully saturated rings. The zero-order valence-corrected chi connectivity index (χ0v) is 20.6. The van der Waals surface area contributed by atoms with E-state index in [0.29, 0.717) is 24.5 Å². The number of ether oxygens (including phenoxy) is 1. The molecule has 1 heterocycles. The van der Waals surface area contributed by atoms with E-state index < -0.39 is 22.0 Å². The zero-order valence-electron chi connectivity index (χ0n) is 19.1. The van der Waals surface area contributed by atoms with E-state index in [9.17, 15) is 13.2 Å². The van der Waals surface area contributed by atoms with E-state index in [4.69, 9.17) is 16.3 Å². The highest BCUT2D eigenvalue weighted by molar-refractivity contribution is 7.89. The maximum atomic E-state index is 13.1. The molecule has 0 aliphatic rings. The Morgan fingerprint density at radius 3 is 2.44 bits per heavy atom. The predicted molar refractivity (Wildman–Crippen MR) is 134 cm³/mol. The van der Waals surface area contributed by atoms with Gasteiger partial charge in [0.25, 0.3) is 0 Å². The molecular formula is C26H27ClN2O4S. The highest BCUT2D eigenvalue weighted by Crippen LogP contribution is 2.25. The molecular weight excluding hydrogens is 472 g/mol. The van der Waals surface area contributed by atoms with Crippen molar-refractivity contribution in [2.45, 2.75) is 37.6 Å². The van der Waals surface area contributed by atoms with E-state index >= 15 is 0 Å². The first kappa shape index (κ1) is 25.6. The Labute approximate surface area is 205 Å². The fourth-order valence-corrected chi connectivity index (χ4v) is 4.83. The van der Waals surface area contributed by atoms with E-state index in [-0.39, 0.29) is 4.90 Å². The van der Waals surface area contributed by atoms with Gasteiger partial charge in [-0.05, 0) is 79.3 Å². The van der Waals surface area contributed by atoms with Crippen LogP contribution in [0.4, 0.5) is 0 Å². The summed E-state index contributed by atoms with van der Waals surface area (Å²) in [7, 11) is -3.77. The van der Waals surface area contributed by atoms with Crippen LogP contribution in [0.5, 0.6) is 0 Å². The number of nitrogens with zero attached hydrogens (tertiary/aromatic N) is 1. The first-order valence-electron chi connectivity index (χ1n) is 10.9. The van der Waals surface area contributed by atoms with E-state index in [1.807, 2.05) is 43.3 Å². The number of carbonyl (C=O) groups excluding carboxylic acids is 1. The molecule has 2 aromatic carbocycles. The van der Waals surface area contributed by atoms with Crippen molar-refractivity contribution in [2.24, 2.45) is 0 Å². The first-order valence-corrected chi connectivity index (χ1v) is 12.8. The summed E-state index contributed by atoms with van der Waals surface area (Å²) >= 11 is 5.92. The number of allylic oxidation sites excluding steroid dienone is 1. The largest absolute Gasteiger partial charge is 0.463 e. The summed E-state index contributed by atoms with van der Waals surface area (Å²) in [6.45, 7) is 3.90. The predicted octanol–water partition coefficient (Wildman–Crippen LogP) is 5.35. The third-order valence-electron chi connectivity index (χ3n) is 5.26. The van der Waals surface area contributed by atoms with Crippen LogP contribution >= 0.6 is 11.6 Å². The number of nitrogens with one attached hydrogen (secondary N) is 1. The van der Waals surface area contributed by atoms with Crippen molar-refractivity contribution in [2.75, 3.05) is 6.61 Å². The second-order valence-electron chi connectivity index (χ2n) is 7.73. The summed E-state index contributed by atoms with van der Waals surface area (Å²) in [5.74, 6) is -0.394. The molecule has 0 aliphatic carbocycles. The van der Waals surface area contributed by atoms with Crippen molar-refractivity contribution in [1.82, 2.24) is 9.71 Å². The third-order valence-corrected chi connectivity index (χ3v) is 6.99. The second-order valence-corrected chi connectivity index (χ2v) is 9.88. The second kappa shape index (κ2) is 11.9. The van der Waals surface area contributed by atoms with Gasteiger partial charge in [0.1, 0.15) is 0 Å². The topological polar surface area (TPSA) is 85.4 Å². The average Bonchev–Trinajstić information content (AvgIpc) is 2.83. The van der Waals surface area contributed by atoms with Crippen molar-refractivity contribution in [1.29, 1.82) is 0 Å². The first-order chi connectivity index (χ1) is 16.3. The van der Waals surface area contributed by atoms with Crippen molar-refractivity contribution in [3.05, 3.63) is 101 Å². The molecule has 1 atom stereocenters. The summed E-state index contributed by atoms with van der Waals surface area (Å²) in [6, 6.07) is 16.9. The highest BCUT2D eigenvalue weighted by Gasteiger charge is 2.22. The lowest BCUT2D eigenvalue weighted by Crippen LogP contribution is -2.29. The number of halogens is 1. The van der Waals surface area contributed by atoms with Gasteiger partial charge >= 0.3 is 5.97 Å². The Hall–Kier alpha value is -3.00. The molecule has 34 heavy (non-hydrogen) atoms. The van der Waals surface area contributed by atoms with Crippen LogP contribution in [-0.2, 0) is 26.0 Å². The molecule has 1 unspecified atom stereocenters. The molecule has 3 rings (SSSR count). The minimum absolute atomic E-state index is 0.146. The quantitative estimate of drug-likeness (QED) is 0.300. The van der Waals surface area contributed by atoms with Crippen LogP contribution in [-0.4, -0.2) is 26.0 Å². The molecule has 6 nitrogen and oxygen atoms in total. The molecule has 0 saturated carbocycles. The third kappa shape index (κ3) is 7.25. The van der Waals surface area contributed by atoms with Gasteiger partial charge in [0, 0.05) is 29.5 Å². The van der Waals surface area contributed by atoms with Gasteiger partial charge in [-0.1, -0.05) is 41.9 Å². The summed E-state index contributed by atoms with van der Waals surface area (Å²) in [6.07, 6.45) is 6.11. The van der Waals surface area contributed by atoms with Gasteiger partial charge in [-0.25, -0.2) is 17.9 Å². The number of esters is 1. The van der Waals surface area contributed by atoms with Crippen LogP contribution < -0.4 is 4.72 Å². The van der Waals surface area contributed by atoms with E-state index in [1.165, 1.54) is 18.2 Å². The van der Waals surface area contributed by atoms with Crippen LogP contribution in [0.2, 0.25) is 5.02 Å². The number of pyridine rings is 1. The number of aromatic nitrogens is 1. The number of aryl methyl sites for hydroxylation is 1. The van der Waals surface area contributed by atoms with Crippen LogP contribution in [0, 0.1) is 0 Å². The average molecular weight is 499 g/mol. The van der Waals surface area contributed by atoms with Crippen LogP contribution in [0.3, 0.4) is 0 Å². The minimum atomic E-state index is -3.77. The lowest BCUT2D eigenvalue weighted by Gasteiger charge is -2.20. The highest BCUT2D eigenvalue weighted by atomic mass is 35.5. The monoisotopic (exact) mass is 498 g/mol. The Balaban J connectivity index is 1.85. The maximum absolute atomic E-state index is 13.1. The lowest BCUT2D eigenvalue weighted by atomic mass is 9.98. The summed E-state index contributed by atoms with van der Waals surface area (Å²) in [5, 5.41) is 0.467. The number of hydrogen-bond donors (Lipinski definition) is 1. The summed E-state index contributed by atoms with van der Waals surface area (Å²) < 4.78 is 33.9. The normalized spacial score (nSPS) is 12.9.